The third kappa shape index (κ3) is 4.20. The Morgan fingerprint density at radius 2 is 1.96 bits per heavy atom. The molecule has 1 aliphatic rings. The molecule has 3 heterocycles. The van der Waals surface area contributed by atoms with E-state index in [0.29, 0.717) is 6.54 Å². The number of hydrogen-bond acceptors (Lipinski definition) is 5. The summed E-state index contributed by atoms with van der Waals surface area (Å²) in [6.07, 6.45) is 5.72. The number of para-hydroxylation sites is 1. The van der Waals surface area contributed by atoms with Crippen molar-refractivity contribution in [3.05, 3.63) is 59.4 Å². The van der Waals surface area contributed by atoms with Crippen molar-refractivity contribution in [2.75, 3.05) is 6.54 Å². The molecule has 1 atom stereocenters. The molecule has 0 radical (unpaired) electrons. The highest BCUT2D eigenvalue weighted by Crippen LogP contribution is 2.36. The number of rotatable bonds is 6. The maximum atomic E-state index is 12.7. The van der Waals surface area contributed by atoms with Crippen LogP contribution in [0.3, 0.4) is 0 Å². The van der Waals surface area contributed by atoms with Gasteiger partial charge in [0.25, 0.3) is 0 Å². The van der Waals surface area contributed by atoms with Gasteiger partial charge in [0, 0.05) is 38.3 Å². The van der Waals surface area contributed by atoms with E-state index in [-0.39, 0.29) is 30.7 Å². The monoisotopic (exact) mass is 394 g/mol. The van der Waals surface area contributed by atoms with Gasteiger partial charge in [-0.05, 0) is 42.7 Å². The minimum absolute atomic E-state index is 0.0285. The molecular formula is C21H22N4O2S. The Bertz CT molecular complexity index is 940. The van der Waals surface area contributed by atoms with E-state index in [4.69, 9.17) is 4.98 Å². The molecule has 0 aliphatic carbocycles. The second kappa shape index (κ2) is 8.48. The van der Waals surface area contributed by atoms with E-state index in [2.05, 4.69) is 16.4 Å². The topological polar surface area (TPSA) is 75.2 Å². The molecule has 1 N–H and O–H groups in total. The Morgan fingerprint density at radius 1 is 1.14 bits per heavy atom. The molecule has 7 heteroatoms. The number of aromatic nitrogens is 2. The fourth-order valence-corrected chi connectivity index (χ4v) is 4.62. The van der Waals surface area contributed by atoms with Gasteiger partial charge in [-0.25, -0.2) is 4.98 Å². The summed E-state index contributed by atoms with van der Waals surface area (Å²) in [6.45, 7) is 1.19. The van der Waals surface area contributed by atoms with Gasteiger partial charge in [-0.15, -0.1) is 11.3 Å². The summed E-state index contributed by atoms with van der Waals surface area (Å²) in [7, 11) is 0. The summed E-state index contributed by atoms with van der Waals surface area (Å²) in [5.41, 5.74) is 1.97. The van der Waals surface area contributed by atoms with Gasteiger partial charge in [-0.2, -0.15) is 0 Å². The van der Waals surface area contributed by atoms with Crippen molar-refractivity contribution in [1.29, 1.82) is 0 Å². The highest BCUT2D eigenvalue weighted by atomic mass is 32.1. The largest absolute Gasteiger partial charge is 0.352 e. The van der Waals surface area contributed by atoms with Crippen LogP contribution in [0.1, 0.15) is 42.3 Å². The van der Waals surface area contributed by atoms with Gasteiger partial charge in [0.15, 0.2) is 0 Å². The summed E-state index contributed by atoms with van der Waals surface area (Å²) < 4.78 is 1.15. The van der Waals surface area contributed by atoms with Crippen LogP contribution in [0.5, 0.6) is 0 Å². The predicted molar refractivity (Wildman–Crippen MR) is 109 cm³/mol. The van der Waals surface area contributed by atoms with Gasteiger partial charge in [0.1, 0.15) is 5.01 Å². The number of carbonyl (C=O) groups excluding carboxylic acids is 2. The Kier molecular flexibility index (Phi) is 5.62. The summed E-state index contributed by atoms with van der Waals surface area (Å²) >= 11 is 1.66. The highest BCUT2D eigenvalue weighted by Gasteiger charge is 2.32. The number of fused-ring (bicyclic) bond motifs is 1. The van der Waals surface area contributed by atoms with Gasteiger partial charge in [0.05, 0.1) is 16.3 Å². The molecule has 1 saturated heterocycles. The zero-order valence-electron chi connectivity index (χ0n) is 15.5. The predicted octanol–water partition coefficient (Wildman–Crippen LogP) is 3.45. The number of amides is 2. The molecule has 1 fully saturated rings. The molecule has 6 nitrogen and oxygen atoms in total. The van der Waals surface area contributed by atoms with E-state index in [9.17, 15) is 9.59 Å². The quantitative estimate of drug-likeness (QED) is 0.695. The Balaban J connectivity index is 1.32. The molecule has 0 spiro atoms. The standard InChI is InChI=1S/C21H22N4O2S/c26-19(23-14-15-9-11-22-12-10-15)7-8-20(27)25-13-3-5-17(25)21-24-16-4-1-2-6-18(16)28-21/h1-2,4,6,9-12,17H,3,5,7-8,13-14H2,(H,23,26)/t17-/m1/s1. The van der Waals surface area contributed by atoms with E-state index >= 15 is 0 Å². The highest BCUT2D eigenvalue weighted by molar-refractivity contribution is 7.18. The van der Waals surface area contributed by atoms with Crippen LogP contribution in [0, 0.1) is 0 Å². The molecule has 2 amide bonds. The summed E-state index contributed by atoms with van der Waals surface area (Å²) in [5, 5.41) is 3.85. The van der Waals surface area contributed by atoms with Crippen molar-refractivity contribution in [1.82, 2.24) is 20.2 Å². The lowest BCUT2D eigenvalue weighted by Crippen LogP contribution is -2.32. The summed E-state index contributed by atoms with van der Waals surface area (Å²) in [4.78, 5) is 35.4. The van der Waals surface area contributed by atoms with Crippen molar-refractivity contribution in [3.63, 3.8) is 0 Å². The molecule has 1 aliphatic heterocycles. The SMILES string of the molecule is O=C(CCC(=O)N1CCC[C@@H]1c1nc2ccccc2s1)NCc1ccncc1. The zero-order valence-corrected chi connectivity index (χ0v) is 16.3. The summed E-state index contributed by atoms with van der Waals surface area (Å²) in [5.74, 6) is -0.0817. The van der Waals surface area contributed by atoms with E-state index in [1.54, 1.807) is 23.7 Å². The first-order chi connectivity index (χ1) is 13.7. The first-order valence-electron chi connectivity index (χ1n) is 9.51. The average molecular weight is 395 g/mol. The Labute approximate surface area is 167 Å². The number of nitrogens with zero attached hydrogens (tertiary/aromatic N) is 3. The number of carbonyl (C=O) groups is 2. The second-order valence-electron chi connectivity index (χ2n) is 6.90. The number of thiazole rings is 1. The number of pyridine rings is 1. The van der Waals surface area contributed by atoms with Crippen molar-refractivity contribution >= 4 is 33.4 Å². The molecule has 0 bridgehead atoms. The van der Waals surface area contributed by atoms with Gasteiger partial charge in [-0.1, -0.05) is 12.1 Å². The van der Waals surface area contributed by atoms with Crippen molar-refractivity contribution in [2.24, 2.45) is 0 Å². The lowest BCUT2D eigenvalue weighted by molar-refractivity contribution is -0.134. The Morgan fingerprint density at radius 3 is 2.79 bits per heavy atom. The molecule has 1 aromatic carbocycles. The van der Waals surface area contributed by atoms with Crippen LogP contribution in [0.15, 0.2) is 48.8 Å². The molecule has 3 aromatic rings. The normalized spacial score (nSPS) is 16.4. The van der Waals surface area contributed by atoms with Gasteiger partial charge in [-0.3, -0.25) is 14.6 Å². The van der Waals surface area contributed by atoms with Crippen molar-refractivity contribution < 1.29 is 9.59 Å². The first kappa shape index (κ1) is 18.6. The van der Waals surface area contributed by atoms with E-state index in [1.165, 1.54) is 0 Å². The molecular weight excluding hydrogens is 372 g/mol. The average Bonchev–Trinajstić information content (AvgIpc) is 3.37. The van der Waals surface area contributed by atoms with Gasteiger partial charge < -0.3 is 10.2 Å². The maximum absolute atomic E-state index is 12.7. The minimum atomic E-state index is -0.110. The minimum Gasteiger partial charge on any atom is -0.352 e. The van der Waals surface area contributed by atoms with Crippen LogP contribution in [-0.4, -0.2) is 33.2 Å². The number of benzene rings is 1. The van der Waals surface area contributed by atoms with Crippen LogP contribution >= 0.6 is 11.3 Å². The van der Waals surface area contributed by atoms with Crippen LogP contribution in [0.2, 0.25) is 0 Å². The summed E-state index contributed by atoms with van der Waals surface area (Å²) in [6, 6.07) is 11.8. The van der Waals surface area contributed by atoms with Crippen molar-refractivity contribution in [2.45, 2.75) is 38.3 Å². The van der Waals surface area contributed by atoms with Crippen LogP contribution < -0.4 is 5.32 Å². The molecule has 2 aromatic heterocycles. The molecule has 144 valence electrons. The van der Waals surface area contributed by atoms with Crippen LogP contribution in [0.4, 0.5) is 0 Å². The number of nitrogens with one attached hydrogen (secondary N) is 1. The van der Waals surface area contributed by atoms with Crippen LogP contribution in [-0.2, 0) is 16.1 Å². The molecule has 28 heavy (non-hydrogen) atoms. The lowest BCUT2D eigenvalue weighted by atomic mass is 10.2. The fourth-order valence-electron chi connectivity index (χ4n) is 3.51. The third-order valence-electron chi connectivity index (χ3n) is 4.97. The molecule has 0 saturated carbocycles. The Hall–Kier alpha value is -2.80. The smallest absolute Gasteiger partial charge is 0.223 e. The lowest BCUT2D eigenvalue weighted by Gasteiger charge is -2.23. The van der Waals surface area contributed by atoms with Crippen molar-refractivity contribution in [3.8, 4) is 0 Å². The molecule has 4 rings (SSSR count). The van der Waals surface area contributed by atoms with Gasteiger partial charge >= 0.3 is 0 Å². The maximum Gasteiger partial charge on any atom is 0.223 e. The number of hydrogen-bond donors (Lipinski definition) is 1. The van der Waals surface area contributed by atoms with E-state index in [1.807, 2.05) is 35.2 Å². The second-order valence-corrected chi connectivity index (χ2v) is 7.96. The van der Waals surface area contributed by atoms with Gasteiger partial charge in [0.2, 0.25) is 11.8 Å². The first-order valence-corrected chi connectivity index (χ1v) is 10.3. The number of likely N-dealkylation sites (tertiary alicyclic amines) is 1. The van der Waals surface area contributed by atoms with E-state index in [0.717, 1.165) is 40.2 Å². The van der Waals surface area contributed by atoms with Crippen LogP contribution in [0.25, 0.3) is 10.2 Å². The zero-order chi connectivity index (χ0) is 19.3. The molecule has 0 unspecified atom stereocenters. The van der Waals surface area contributed by atoms with E-state index < -0.39 is 0 Å². The fraction of sp³-hybridized carbons (Fsp3) is 0.333. The third-order valence-corrected chi connectivity index (χ3v) is 6.11.